The summed E-state index contributed by atoms with van der Waals surface area (Å²) in [6, 6.07) is 11.1. The molecule has 106 valence electrons. The molecule has 0 atom stereocenters. The number of hydrogen-bond donors (Lipinski definition) is 1. The number of fused-ring (bicyclic) bond motifs is 1. The first-order chi connectivity index (χ1) is 9.60. The number of methoxy groups -OCH3 is 1. The SMILES string of the molecule is COc1cc(C)ccc1O.Cc1ccc2c(c1)OCO2. The van der Waals surface area contributed by atoms with Crippen molar-refractivity contribution < 1.29 is 19.3 Å². The number of benzene rings is 2. The van der Waals surface area contributed by atoms with E-state index in [4.69, 9.17) is 19.3 Å². The minimum absolute atomic E-state index is 0.188. The maximum atomic E-state index is 9.11. The Morgan fingerprint density at radius 3 is 2.30 bits per heavy atom. The summed E-state index contributed by atoms with van der Waals surface area (Å²) >= 11 is 0. The van der Waals surface area contributed by atoms with Crippen LogP contribution in [0.1, 0.15) is 11.1 Å². The highest BCUT2D eigenvalue weighted by atomic mass is 16.7. The van der Waals surface area contributed by atoms with Gasteiger partial charge < -0.3 is 19.3 Å². The highest BCUT2D eigenvalue weighted by Gasteiger charge is 2.11. The van der Waals surface area contributed by atoms with Gasteiger partial charge in [-0.25, -0.2) is 0 Å². The van der Waals surface area contributed by atoms with Crippen LogP contribution in [0.15, 0.2) is 36.4 Å². The molecule has 1 aliphatic rings. The van der Waals surface area contributed by atoms with E-state index in [0.29, 0.717) is 12.5 Å². The number of rotatable bonds is 1. The third kappa shape index (κ3) is 3.35. The lowest BCUT2D eigenvalue weighted by molar-refractivity contribution is 0.174. The molecule has 3 rings (SSSR count). The maximum Gasteiger partial charge on any atom is 0.231 e. The van der Waals surface area contributed by atoms with E-state index in [1.54, 1.807) is 12.1 Å². The summed E-state index contributed by atoms with van der Waals surface area (Å²) in [6.07, 6.45) is 0. The van der Waals surface area contributed by atoms with Crippen molar-refractivity contribution in [3.05, 3.63) is 47.5 Å². The first-order valence-corrected chi connectivity index (χ1v) is 6.30. The summed E-state index contributed by atoms with van der Waals surface area (Å²) in [5, 5.41) is 9.11. The summed E-state index contributed by atoms with van der Waals surface area (Å²) in [7, 11) is 1.54. The van der Waals surface area contributed by atoms with Gasteiger partial charge in [-0.3, -0.25) is 0 Å². The van der Waals surface area contributed by atoms with Crippen molar-refractivity contribution in [3.8, 4) is 23.0 Å². The second-order valence-corrected chi connectivity index (χ2v) is 4.53. The molecule has 0 spiro atoms. The largest absolute Gasteiger partial charge is 0.504 e. The van der Waals surface area contributed by atoms with Crippen LogP contribution in [0, 0.1) is 13.8 Å². The topological polar surface area (TPSA) is 47.9 Å². The van der Waals surface area contributed by atoms with E-state index < -0.39 is 0 Å². The quantitative estimate of drug-likeness (QED) is 0.865. The highest BCUT2D eigenvalue weighted by molar-refractivity contribution is 5.44. The predicted molar refractivity (Wildman–Crippen MR) is 76.7 cm³/mol. The third-order valence-electron chi connectivity index (χ3n) is 2.86. The number of ether oxygens (including phenoxy) is 3. The molecule has 0 aliphatic carbocycles. The van der Waals surface area contributed by atoms with Crippen molar-refractivity contribution in [1.29, 1.82) is 0 Å². The smallest absolute Gasteiger partial charge is 0.231 e. The second-order valence-electron chi connectivity index (χ2n) is 4.53. The van der Waals surface area contributed by atoms with E-state index >= 15 is 0 Å². The van der Waals surface area contributed by atoms with Crippen molar-refractivity contribution in [3.63, 3.8) is 0 Å². The molecule has 0 unspecified atom stereocenters. The third-order valence-corrected chi connectivity index (χ3v) is 2.86. The normalized spacial score (nSPS) is 11.6. The molecule has 1 aliphatic heterocycles. The zero-order valence-electron chi connectivity index (χ0n) is 11.8. The predicted octanol–water partition coefficient (Wildman–Crippen LogP) is 3.43. The van der Waals surface area contributed by atoms with Crippen LogP contribution in [0.2, 0.25) is 0 Å². The monoisotopic (exact) mass is 274 g/mol. The number of hydrogen-bond acceptors (Lipinski definition) is 4. The molecule has 4 heteroatoms. The van der Waals surface area contributed by atoms with Crippen LogP contribution in [-0.4, -0.2) is 19.0 Å². The van der Waals surface area contributed by atoms with Gasteiger partial charge >= 0.3 is 0 Å². The molecule has 0 bridgehead atoms. The van der Waals surface area contributed by atoms with Gasteiger partial charge in [0.15, 0.2) is 23.0 Å². The van der Waals surface area contributed by atoms with Crippen molar-refractivity contribution in [2.75, 3.05) is 13.9 Å². The van der Waals surface area contributed by atoms with Crippen LogP contribution in [0.3, 0.4) is 0 Å². The van der Waals surface area contributed by atoms with Gasteiger partial charge in [0.25, 0.3) is 0 Å². The Hall–Kier alpha value is -2.36. The van der Waals surface area contributed by atoms with E-state index in [9.17, 15) is 0 Å². The van der Waals surface area contributed by atoms with Gasteiger partial charge in [-0.15, -0.1) is 0 Å². The average molecular weight is 274 g/mol. The van der Waals surface area contributed by atoms with Crippen LogP contribution in [0.25, 0.3) is 0 Å². The molecule has 4 nitrogen and oxygen atoms in total. The molecule has 2 aromatic carbocycles. The molecule has 2 aromatic rings. The Labute approximate surface area is 118 Å². The average Bonchev–Trinajstić information content (AvgIpc) is 2.89. The van der Waals surface area contributed by atoms with Crippen molar-refractivity contribution in [2.24, 2.45) is 0 Å². The molecule has 1 N–H and O–H groups in total. The Morgan fingerprint density at radius 1 is 0.950 bits per heavy atom. The van der Waals surface area contributed by atoms with E-state index in [-0.39, 0.29) is 5.75 Å². The fourth-order valence-electron chi connectivity index (χ4n) is 1.79. The molecule has 0 fully saturated rings. The molecular formula is C16H18O4. The van der Waals surface area contributed by atoms with Gasteiger partial charge in [-0.1, -0.05) is 12.1 Å². The molecule has 0 amide bonds. The zero-order chi connectivity index (χ0) is 14.5. The van der Waals surface area contributed by atoms with E-state index in [1.807, 2.05) is 38.1 Å². The summed E-state index contributed by atoms with van der Waals surface area (Å²) in [4.78, 5) is 0. The Bertz CT molecular complexity index is 584. The highest BCUT2D eigenvalue weighted by Crippen LogP contribution is 2.32. The number of phenols is 1. The van der Waals surface area contributed by atoms with Gasteiger partial charge in [0.1, 0.15) is 0 Å². The molecule has 20 heavy (non-hydrogen) atoms. The number of phenolic OH excluding ortho intramolecular Hbond substituents is 1. The van der Waals surface area contributed by atoms with Crippen LogP contribution in [0.5, 0.6) is 23.0 Å². The lowest BCUT2D eigenvalue weighted by atomic mass is 10.2. The Balaban J connectivity index is 0.000000147. The Kier molecular flexibility index (Phi) is 4.35. The summed E-state index contributed by atoms with van der Waals surface area (Å²) in [5.74, 6) is 2.43. The lowest BCUT2D eigenvalue weighted by Gasteiger charge is -2.02. The summed E-state index contributed by atoms with van der Waals surface area (Å²) < 4.78 is 15.2. The fourth-order valence-corrected chi connectivity index (χ4v) is 1.79. The van der Waals surface area contributed by atoms with Gasteiger partial charge in [0.05, 0.1) is 7.11 Å². The van der Waals surface area contributed by atoms with Gasteiger partial charge in [0.2, 0.25) is 6.79 Å². The van der Waals surface area contributed by atoms with Gasteiger partial charge in [-0.05, 0) is 49.2 Å². The first kappa shape index (κ1) is 14.1. The van der Waals surface area contributed by atoms with Gasteiger partial charge in [0, 0.05) is 0 Å². The number of aromatic hydroxyl groups is 1. The Morgan fingerprint density at radius 2 is 1.60 bits per heavy atom. The standard InChI is InChI=1S/C8H8O2.C8H10O2/c1-6-2-3-7-8(4-6)10-5-9-7;1-6-3-4-7(9)8(5-6)10-2/h2-4H,5H2,1H3;3-5,9H,1-2H3. The van der Waals surface area contributed by atoms with Crippen molar-refractivity contribution in [1.82, 2.24) is 0 Å². The van der Waals surface area contributed by atoms with Gasteiger partial charge in [-0.2, -0.15) is 0 Å². The van der Waals surface area contributed by atoms with E-state index in [1.165, 1.54) is 12.7 Å². The minimum Gasteiger partial charge on any atom is -0.504 e. The summed E-state index contributed by atoms with van der Waals surface area (Å²) in [6.45, 7) is 4.34. The van der Waals surface area contributed by atoms with Crippen LogP contribution in [0.4, 0.5) is 0 Å². The molecule has 1 heterocycles. The summed E-state index contributed by atoms with van der Waals surface area (Å²) in [5.41, 5.74) is 2.28. The molecular weight excluding hydrogens is 256 g/mol. The lowest BCUT2D eigenvalue weighted by Crippen LogP contribution is -1.92. The van der Waals surface area contributed by atoms with E-state index in [0.717, 1.165) is 17.1 Å². The second kappa shape index (κ2) is 6.19. The van der Waals surface area contributed by atoms with Crippen LogP contribution >= 0.6 is 0 Å². The van der Waals surface area contributed by atoms with Crippen molar-refractivity contribution >= 4 is 0 Å². The number of aryl methyl sites for hydroxylation is 2. The fraction of sp³-hybridized carbons (Fsp3) is 0.250. The van der Waals surface area contributed by atoms with Crippen LogP contribution < -0.4 is 14.2 Å². The van der Waals surface area contributed by atoms with Crippen molar-refractivity contribution in [2.45, 2.75) is 13.8 Å². The van der Waals surface area contributed by atoms with Crippen LogP contribution in [-0.2, 0) is 0 Å². The molecule has 0 aromatic heterocycles. The first-order valence-electron chi connectivity index (χ1n) is 6.30. The molecule has 0 saturated heterocycles. The van der Waals surface area contributed by atoms with E-state index in [2.05, 4.69) is 0 Å². The maximum absolute atomic E-state index is 9.11. The zero-order valence-corrected chi connectivity index (χ0v) is 11.8. The minimum atomic E-state index is 0.188. The molecule has 0 radical (unpaired) electrons. The molecule has 0 saturated carbocycles.